The van der Waals surface area contributed by atoms with Crippen LogP contribution in [0.5, 0.6) is 0 Å². The van der Waals surface area contributed by atoms with Gasteiger partial charge in [0, 0.05) is 19.9 Å². The first-order valence-electron chi connectivity index (χ1n) is 4.96. The van der Waals surface area contributed by atoms with Crippen molar-refractivity contribution in [3.63, 3.8) is 0 Å². The summed E-state index contributed by atoms with van der Waals surface area (Å²) in [6.45, 7) is 2.30. The average molecular weight is 224 g/mol. The summed E-state index contributed by atoms with van der Waals surface area (Å²) >= 11 is 0. The highest BCUT2D eigenvalue weighted by atomic mass is 16.5. The van der Waals surface area contributed by atoms with E-state index in [2.05, 4.69) is 15.3 Å². The van der Waals surface area contributed by atoms with Crippen LogP contribution in [0.15, 0.2) is 12.3 Å². The van der Waals surface area contributed by atoms with Gasteiger partial charge >= 0.3 is 0 Å². The summed E-state index contributed by atoms with van der Waals surface area (Å²) in [4.78, 5) is 19.6. The van der Waals surface area contributed by atoms with Gasteiger partial charge in [0.25, 0.3) is 5.91 Å². The fourth-order valence-electron chi connectivity index (χ4n) is 1.21. The normalized spacial score (nSPS) is 12.2. The van der Waals surface area contributed by atoms with Gasteiger partial charge in [0.1, 0.15) is 11.9 Å². The Morgan fingerprint density at radius 2 is 2.44 bits per heavy atom. The van der Waals surface area contributed by atoms with E-state index in [1.54, 1.807) is 19.2 Å². The van der Waals surface area contributed by atoms with Crippen LogP contribution in [0.4, 0.5) is 0 Å². The van der Waals surface area contributed by atoms with Gasteiger partial charge in [0.05, 0.1) is 12.2 Å². The van der Waals surface area contributed by atoms with Gasteiger partial charge in [0.15, 0.2) is 0 Å². The number of aryl methyl sites for hydroxylation is 1. The molecular weight excluding hydrogens is 208 g/mol. The lowest BCUT2D eigenvalue weighted by Crippen LogP contribution is -2.40. The SMILES string of the molecule is COC(CN)C(=O)NCc1ccnc(C)n1. The molecule has 0 bridgehead atoms. The molecule has 1 aromatic rings. The summed E-state index contributed by atoms with van der Waals surface area (Å²) in [5.41, 5.74) is 6.12. The van der Waals surface area contributed by atoms with E-state index < -0.39 is 6.10 Å². The molecule has 0 saturated heterocycles. The zero-order valence-electron chi connectivity index (χ0n) is 9.43. The highest BCUT2D eigenvalue weighted by Crippen LogP contribution is 1.95. The Morgan fingerprint density at radius 3 is 3.00 bits per heavy atom. The van der Waals surface area contributed by atoms with Gasteiger partial charge in [-0.15, -0.1) is 0 Å². The molecular formula is C10H16N4O2. The molecule has 0 spiro atoms. The van der Waals surface area contributed by atoms with Gasteiger partial charge in [0.2, 0.25) is 0 Å². The Hall–Kier alpha value is -1.53. The van der Waals surface area contributed by atoms with Gasteiger partial charge in [-0.3, -0.25) is 4.79 Å². The third kappa shape index (κ3) is 3.56. The number of aromatic nitrogens is 2. The molecule has 6 heteroatoms. The topological polar surface area (TPSA) is 90.1 Å². The number of nitrogens with two attached hydrogens (primary N) is 1. The van der Waals surface area contributed by atoms with Crippen LogP contribution in [0.25, 0.3) is 0 Å². The van der Waals surface area contributed by atoms with E-state index in [4.69, 9.17) is 10.5 Å². The molecule has 0 radical (unpaired) electrons. The standard InChI is InChI=1S/C10H16N4O2/c1-7-12-4-3-8(14-7)6-13-10(15)9(5-11)16-2/h3-4,9H,5-6,11H2,1-2H3,(H,13,15). The molecule has 6 nitrogen and oxygen atoms in total. The van der Waals surface area contributed by atoms with Crippen LogP contribution in [-0.2, 0) is 16.1 Å². The van der Waals surface area contributed by atoms with Crippen LogP contribution in [0.1, 0.15) is 11.5 Å². The zero-order valence-corrected chi connectivity index (χ0v) is 9.43. The van der Waals surface area contributed by atoms with Crippen LogP contribution < -0.4 is 11.1 Å². The molecule has 0 aromatic carbocycles. The molecule has 1 aromatic heterocycles. The summed E-state index contributed by atoms with van der Waals surface area (Å²) in [7, 11) is 1.45. The third-order valence-corrected chi connectivity index (χ3v) is 2.07. The van der Waals surface area contributed by atoms with E-state index >= 15 is 0 Å². The van der Waals surface area contributed by atoms with Crippen molar-refractivity contribution in [2.45, 2.75) is 19.6 Å². The molecule has 88 valence electrons. The number of hydrogen-bond donors (Lipinski definition) is 2. The maximum Gasteiger partial charge on any atom is 0.250 e. The maximum atomic E-state index is 11.5. The second-order valence-electron chi connectivity index (χ2n) is 3.27. The number of rotatable bonds is 5. The quantitative estimate of drug-likeness (QED) is 0.695. The van der Waals surface area contributed by atoms with E-state index in [1.807, 2.05) is 0 Å². The Labute approximate surface area is 94.2 Å². The fourth-order valence-corrected chi connectivity index (χ4v) is 1.21. The molecule has 1 amide bonds. The first kappa shape index (κ1) is 12.5. The molecule has 0 aliphatic carbocycles. The number of nitrogens with one attached hydrogen (secondary N) is 1. The summed E-state index contributed by atoms with van der Waals surface area (Å²) < 4.78 is 4.90. The van der Waals surface area contributed by atoms with E-state index in [0.29, 0.717) is 12.4 Å². The van der Waals surface area contributed by atoms with Crippen molar-refractivity contribution >= 4 is 5.91 Å². The smallest absolute Gasteiger partial charge is 0.250 e. The van der Waals surface area contributed by atoms with E-state index in [-0.39, 0.29) is 12.5 Å². The van der Waals surface area contributed by atoms with Gasteiger partial charge in [-0.1, -0.05) is 0 Å². The van der Waals surface area contributed by atoms with Gasteiger partial charge < -0.3 is 15.8 Å². The minimum Gasteiger partial charge on any atom is -0.370 e. The zero-order chi connectivity index (χ0) is 12.0. The number of carbonyl (C=O) groups excluding carboxylic acids is 1. The van der Waals surface area contributed by atoms with E-state index in [0.717, 1.165) is 5.69 Å². The highest BCUT2D eigenvalue weighted by Gasteiger charge is 2.14. The summed E-state index contributed by atoms with van der Waals surface area (Å²) in [5, 5.41) is 2.69. The van der Waals surface area contributed by atoms with Crippen molar-refractivity contribution < 1.29 is 9.53 Å². The third-order valence-electron chi connectivity index (χ3n) is 2.07. The molecule has 0 aliphatic rings. The van der Waals surface area contributed by atoms with Crippen molar-refractivity contribution in [1.82, 2.24) is 15.3 Å². The van der Waals surface area contributed by atoms with Crippen molar-refractivity contribution in [2.75, 3.05) is 13.7 Å². The molecule has 0 fully saturated rings. The molecule has 3 N–H and O–H groups in total. The predicted molar refractivity (Wildman–Crippen MR) is 58.5 cm³/mol. The van der Waals surface area contributed by atoms with Crippen LogP contribution >= 0.6 is 0 Å². The Morgan fingerprint density at radius 1 is 1.69 bits per heavy atom. The Bertz CT molecular complexity index is 352. The lowest BCUT2D eigenvalue weighted by Gasteiger charge is -2.12. The number of nitrogens with zero attached hydrogens (tertiary/aromatic N) is 2. The monoisotopic (exact) mass is 224 g/mol. The van der Waals surface area contributed by atoms with Crippen LogP contribution in [0.3, 0.4) is 0 Å². The van der Waals surface area contributed by atoms with Gasteiger partial charge in [-0.05, 0) is 13.0 Å². The first-order valence-corrected chi connectivity index (χ1v) is 4.96. The number of hydrogen-bond acceptors (Lipinski definition) is 5. The summed E-state index contributed by atoms with van der Waals surface area (Å²) in [5.74, 6) is 0.440. The van der Waals surface area contributed by atoms with E-state index in [9.17, 15) is 4.79 Å². The number of amides is 1. The molecule has 0 aliphatic heterocycles. The highest BCUT2D eigenvalue weighted by molar-refractivity contribution is 5.80. The van der Waals surface area contributed by atoms with E-state index in [1.165, 1.54) is 7.11 Å². The Kier molecular flexibility index (Phi) is 4.81. The second-order valence-corrected chi connectivity index (χ2v) is 3.27. The molecule has 0 saturated carbocycles. The van der Waals surface area contributed by atoms with Gasteiger partial charge in [-0.2, -0.15) is 0 Å². The second kappa shape index (κ2) is 6.14. The lowest BCUT2D eigenvalue weighted by molar-refractivity contribution is -0.130. The largest absolute Gasteiger partial charge is 0.370 e. The van der Waals surface area contributed by atoms with Crippen molar-refractivity contribution in [2.24, 2.45) is 5.73 Å². The number of carbonyl (C=O) groups is 1. The minimum absolute atomic E-state index is 0.158. The molecule has 1 unspecified atom stereocenters. The Balaban J connectivity index is 2.48. The first-order chi connectivity index (χ1) is 7.67. The number of methoxy groups -OCH3 is 1. The fraction of sp³-hybridized carbons (Fsp3) is 0.500. The molecule has 1 rings (SSSR count). The van der Waals surface area contributed by atoms with Crippen LogP contribution in [0, 0.1) is 6.92 Å². The molecule has 1 heterocycles. The van der Waals surface area contributed by atoms with Gasteiger partial charge in [-0.25, -0.2) is 9.97 Å². The lowest BCUT2D eigenvalue weighted by atomic mass is 10.3. The minimum atomic E-state index is -0.608. The number of ether oxygens (including phenoxy) is 1. The van der Waals surface area contributed by atoms with Crippen LogP contribution in [-0.4, -0.2) is 35.6 Å². The van der Waals surface area contributed by atoms with Crippen LogP contribution in [0.2, 0.25) is 0 Å². The van der Waals surface area contributed by atoms with Crippen molar-refractivity contribution in [3.8, 4) is 0 Å². The predicted octanol–water partition coefficient (Wildman–Crippen LogP) is -0.625. The van der Waals surface area contributed by atoms with Crippen molar-refractivity contribution in [3.05, 3.63) is 23.8 Å². The summed E-state index contributed by atoms with van der Waals surface area (Å²) in [6.07, 6.45) is 1.04. The maximum absolute atomic E-state index is 11.5. The summed E-state index contributed by atoms with van der Waals surface area (Å²) in [6, 6.07) is 1.75. The molecule has 1 atom stereocenters. The van der Waals surface area contributed by atoms with Crippen molar-refractivity contribution in [1.29, 1.82) is 0 Å². The average Bonchev–Trinajstić information content (AvgIpc) is 2.28. The molecule has 16 heavy (non-hydrogen) atoms.